The van der Waals surface area contributed by atoms with Gasteiger partial charge in [-0.2, -0.15) is 0 Å². The molecule has 2 N–H and O–H groups in total. The van der Waals surface area contributed by atoms with E-state index < -0.39 is 0 Å². The van der Waals surface area contributed by atoms with Crippen LogP contribution in [0.25, 0.3) is 0 Å². The van der Waals surface area contributed by atoms with Crippen molar-refractivity contribution in [3.05, 3.63) is 12.5 Å². The van der Waals surface area contributed by atoms with Crippen molar-refractivity contribution < 1.29 is 9.47 Å². The fourth-order valence-electron chi connectivity index (χ4n) is 1.13. The van der Waals surface area contributed by atoms with Gasteiger partial charge in [0.2, 0.25) is 0 Å². The van der Waals surface area contributed by atoms with Gasteiger partial charge >= 0.3 is 0 Å². The van der Waals surface area contributed by atoms with Crippen molar-refractivity contribution in [1.29, 1.82) is 0 Å². The minimum Gasteiger partial charge on any atom is -0.479 e. The predicted octanol–water partition coefficient (Wildman–Crippen LogP) is -0.235. The topological polar surface area (TPSA) is 47.7 Å². The van der Waals surface area contributed by atoms with Gasteiger partial charge < -0.3 is 15.2 Å². The Kier molecular flexibility index (Phi) is 3.90. The molecule has 1 rings (SSSR count). The Bertz CT molecular complexity index is 144. The van der Waals surface area contributed by atoms with Crippen LogP contribution in [0.5, 0.6) is 0 Å². The van der Waals surface area contributed by atoms with E-state index in [1.54, 1.807) is 0 Å². The highest BCUT2D eigenvalue weighted by molar-refractivity contribution is 4.71. The summed E-state index contributed by atoms with van der Waals surface area (Å²) in [5.41, 5.74) is 5.25. The van der Waals surface area contributed by atoms with Gasteiger partial charge in [-0.05, 0) is 6.58 Å². The summed E-state index contributed by atoms with van der Waals surface area (Å²) in [6.45, 7) is 8.59. The highest BCUT2D eigenvalue weighted by Crippen LogP contribution is 1.96. The second-order valence-corrected chi connectivity index (χ2v) is 2.77. The Morgan fingerprint density at radius 1 is 1.50 bits per heavy atom. The molecule has 0 bridgehead atoms. The zero-order chi connectivity index (χ0) is 8.81. The van der Waals surface area contributed by atoms with Crippen molar-refractivity contribution in [2.24, 2.45) is 5.73 Å². The Morgan fingerprint density at radius 2 is 2.17 bits per heavy atom. The maximum absolute atomic E-state index is 5.25. The largest absolute Gasteiger partial charge is 0.479 e. The normalized spacial score (nSPS) is 19.0. The molecule has 0 aromatic heterocycles. The van der Waals surface area contributed by atoms with E-state index in [1.807, 2.05) is 0 Å². The van der Waals surface area contributed by atoms with Gasteiger partial charge in [0.25, 0.3) is 0 Å². The number of rotatable bonds is 4. The second kappa shape index (κ2) is 5.00. The number of nitrogens with zero attached hydrogens (tertiary/aromatic N) is 1. The van der Waals surface area contributed by atoms with E-state index in [4.69, 9.17) is 15.2 Å². The SMILES string of the molecule is C=C(N)OCCN1CCOCC1. The monoisotopic (exact) mass is 172 g/mol. The van der Waals surface area contributed by atoms with Crippen molar-refractivity contribution in [2.45, 2.75) is 0 Å². The van der Waals surface area contributed by atoms with Gasteiger partial charge in [0.15, 0.2) is 5.88 Å². The van der Waals surface area contributed by atoms with Crippen LogP contribution in [0.1, 0.15) is 0 Å². The molecule has 4 nitrogen and oxygen atoms in total. The highest BCUT2D eigenvalue weighted by Gasteiger charge is 2.09. The maximum Gasteiger partial charge on any atom is 0.176 e. The van der Waals surface area contributed by atoms with Crippen molar-refractivity contribution in [3.63, 3.8) is 0 Å². The summed E-state index contributed by atoms with van der Waals surface area (Å²) in [5.74, 6) is 0.295. The number of morpholine rings is 1. The summed E-state index contributed by atoms with van der Waals surface area (Å²) in [6.07, 6.45) is 0. The Morgan fingerprint density at radius 3 is 2.75 bits per heavy atom. The molecule has 0 aromatic carbocycles. The van der Waals surface area contributed by atoms with Crippen LogP contribution in [-0.2, 0) is 9.47 Å². The summed E-state index contributed by atoms with van der Waals surface area (Å²) < 4.78 is 10.2. The fraction of sp³-hybridized carbons (Fsp3) is 0.750. The molecule has 0 unspecified atom stereocenters. The van der Waals surface area contributed by atoms with Crippen LogP contribution in [0.15, 0.2) is 12.5 Å². The zero-order valence-corrected chi connectivity index (χ0v) is 7.29. The third kappa shape index (κ3) is 3.59. The second-order valence-electron chi connectivity index (χ2n) is 2.77. The third-order valence-electron chi connectivity index (χ3n) is 1.80. The quantitative estimate of drug-likeness (QED) is 0.595. The first-order valence-electron chi connectivity index (χ1n) is 4.16. The molecule has 12 heavy (non-hydrogen) atoms. The van der Waals surface area contributed by atoms with Crippen molar-refractivity contribution in [2.75, 3.05) is 39.5 Å². The maximum atomic E-state index is 5.25. The Balaban J connectivity index is 2.01. The molecule has 1 heterocycles. The minimum atomic E-state index is 0.295. The predicted molar refractivity (Wildman–Crippen MR) is 46.5 cm³/mol. The Hall–Kier alpha value is -0.740. The standard InChI is InChI=1S/C8H16N2O2/c1-8(9)12-7-4-10-2-5-11-6-3-10/h1-7,9H2. The van der Waals surface area contributed by atoms with Gasteiger partial charge in [-0.25, -0.2) is 0 Å². The van der Waals surface area contributed by atoms with Crippen LogP contribution < -0.4 is 5.73 Å². The van der Waals surface area contributed by atoms with Crippen LogP contribution in [0, 0.1) is 0 Å². The number of nitrogens with two attached hydrogens (primary N) is 1. The van der Waals surface area contributed by atoms with E-state index in [-0.39, 0.29) is 0 Å². The van der Waals surface area contributed by atoms with Crippen LogP contribution in [0.3, 0.4) is 0 Å². The molecule has 1 aliphatic heterocycles. The number of hydrogen-bond donors (Lipinski definition) is 1. The average molecular weight is 172 g/mol. The van der Waals surface area contributed by atoms with E-state index in [0.29, 0.717) is 12.5 Å². The molecule has 0 radical (unpaired) electrons. The summed E-state index contributed by atoms with van der Waals surface area (Å²) >= 11 is 0. The van der Waals surface area contributed by atoms with Crippen LogP contribution >= 0.6 is 0 Å². The van der Waals surface area contributed by atoms with E-state index in [0.717, 1.165) is 32.8 Å². The lowest BCUT2D eigenvalue weighted by atomic mass is 10.4. The molecule has 4 heteroatoms. The fourth-order valence-corrected chi connectivity index (χ4v) is 1.13. The molecule has 0 spiro atoms. The lowest BCUT2D eigenvalue weighted by Gasteiger charge is -2.26. The Labute approximate surface area is 72.9 Å². The van der Waals surface area contributed by atoms with Crippen molar-refractivity contribution in [1.82, 2.24) is 4.90 Å². The molecule has 0 aromatic rings. The van der Waals surface area contributed by atoms with E-state index in [9.17, 15) is 0 Å². The molecule has 0 aliphatic carbocycles. The summed E-state index contributed by atoms with van der Waals surface area (Å²) in [7, 11) is 0. The van der Waals surface area contributed by atoms with Gasteiger partial charge in [-0.15, -0.1) is 0 Å². The van der Waals surface area contributed by atoms with E-state index in [1.165, 1.54) is 0 Å². The smallest absolute Gasteiger partial charge is 0.176 e. The van der Waals surface area contributed by atoms with Gasteiger partial charge in [-0.1, -0.05) is 0 Å². The van der Waals surface area contributed by atoms with Crippen LogP contribution in [-0.4, -0.2) is 44.4 Å². The minimum absolute atomic E-state index is 0.295. The van der Waals surface area contributed by atoms with Crippen LogP contribution in [0.4, 0.5) is 0 Å². The first-order valence-corrected chi connectivity index (χ1v) is 4.16. The lowest BCUT2D eigenvalue weighted by molar-refractivity contribution is 0.0274. The van der Waals surface area contributed by atoms with E-state index in [2.05, 4.69) is 11.5 Å². The van der Waals surface area contributed by atoms with Crippen LogP contribution in [0.2, 0.25) is 0 Å². The number of hydrogen-bond acceptors (Lipinski definition) is 4. The summed E-state index contributed by atoms with van der Waals surface area (Å²) in [6, 6.07) is 0. The van der Waals surface area contributed by atoms with Crippen molar-refractivity contribution >= 4 is 0 Å². The highest BCUT2D eigenvalue weighted by atomic mass is 16.5. The first-order chi connectivity index (χ1) is 5.79. The molecule has 0 amide bonds. The van der Waals surface area contributed by atoms with Gasteiger partial charge in [-0.3, -0.25) is 4.90 Å². The average Bonchev–Trinajstić information content (AvgIpc) is 2.05. The molecule has 1 aliphatic rings. The molecule has 1 fully saturated rings. The molecular weight excluding hydrogens is 156 g/mol. The van der Waals surface area contributed by atoms with E-state index >= 15 is 0 Å². The summed E-state index contributed by atoms with van der Waals surface area (Å²) in [4.78, 5) is 2.28. The van der Waals surface area contributed by atoms with Gasteiger partial charge in [0, 0.05) is 19.6 Å². The zero-order valence-electron chi connectivity index (χ0n) is 7.29. The first kappa shape index (κ1) is 9.35. The van der Waals surface area contributed by atoms with Gasteiger partial charge in [0.1, 0.15) is 6.61 Å². The summed E-state index contributed by atoms with van der Waals surface area (Å²) in [5, 5.41) is 0. The molecule has 1 saturated heterocycles. The van der Waals surface area contributed by atoms with Gasteiger partial charge in [0.05, 0.1) is 13.2 Å². The number of ether oxygens (including phenoxy) is 2. The van der Waals surface area contributed by atoms with Crippen molar-refractivity contribution in [3.8, 4) is 0 Å². The molecular formula is C8H16N2O2. The molecule has 0 saturated carbocycles. The lowest BCUT2D eigenvalue weighted by Crippen LogP contribution is -2.38. The third-order valence-corrected chi connectivity index (χ3v) is 1.80. The molecule has 0 atom stereocenters. The molecule has 70 valence electrons.